The van der Waals surface area contributed by atoms with Crippen LogP contribution in [0, 0.1) is 5.82 Å². The van der Waals surface area contributed by atoms with Gasteiger partial charge in [-0.3, -0.25) is 9.59 Å². The van der Waals surface area contributed by atoms with Gasteiger partial charge in [-0.15, -0.1) is 0 Å². The summed E-state index contributed by atoms with van der Waals surface area (Å²) in [4.78, 5) is 24.6. The topological polar surface area (TPSA) is 64.6 Å². The Bertz CT molecular complexity index is 794. The van der Waals surface area contributed by atoms with E-state index in [4.69, 9.17) is 9.47 Å². The first-order chi connectivity index (χ1) is 13.4. The minimum atomic E-state index is -0.946. The van der Waals surface area contributed by atoms with Crippen molar-refractivity contribution >= 4 is 11.9 Å². The smallest absolute Gasteiger partial charge is 0.311 e. The third-order valence-corrected chi connectivity index (χ3v) is 4.34. The molecule has 0 fully saturated rings. The maximum absolute atomic E-state index is 13.7. The minimum Gasteiger partial charge on any atom is -0.494 e. The number of hydrogen-bond acceptors (Lipinski definition) is 4. The van der Waals surface area contributed by atoms with E-state index in [0.717, 1.165) is 18.4 Å². The van der Waals surface area contributed by atoms with Crippen LogP contribution in [0.5, 0.6) is 5.75 Å². The van der Waals surface area contributed by atoms with Gasteiger partial charge < -0.3 is 14.8 Å². The summed E-state index contributed by atoms with van der Waals surface area (Å²) in [6.45, 7) is 3.56. The largest absolute Gasteiger partial charge is 0.494 e. The molecule has 0 aliphatic rings. The number of amides is 1. The van der Waals surface area contributed by atoms with Crippen LogP contribution < -0.4 is 10.1 Å². The molecule has 0 saturated carbocycles. The molecular formula is C22H26FNO4. The SMILES string of the molecule is CCC[C@@H](NC(=O)[C@@H](C)OC(=O)Cc1ccc(OC)c(F)c1)c1ccccc1. The summed E-state index contributed by atoms with van der Waals surface area (Å²) in [5.74, 6) is -1.41. The number of halogens is 1. The van der Waals surface area contributed by atoms with Crippen LogP contribution in [-0.2, 0) is 20.7 Å². The van der Waals surface area contributed by atoms with Crippen LogP contribution in [0.2, 0.25) is 0 Å². The van der Waals surface area contributed by atoms with E-state index in [0.29, 0.717) is 5.56 Å². The molecule has 2 aromatic rings. The monoisotopic (exact) mass is 387 g/mol. The van der Waals surface area contributed by atoms with Crippen molar-refractivity contribution in [2.75, 3.05) is 7.11 Å². The standard InChI is InChI=1S/C22H26FNO4/c1-4-8-19(17-9-6-5-7-10-17)24-22(26)15(2)28-21(25)14-16-11-12-20(27-3)18(23)13-16/h5-7,9-13,15,19H,4,8,14H2,1-3H3,(H,24,26)/t15-,19-/m1/s1. The fourth-order valence-corrected chi connectivity index (χ4v) is 2.86. The summed E-state index contributed by atoms with van der Waals surface area (Å²) in [5, 5.41) is 2.93. The maximum atomic E-state index is 13.7. The lowest BCUT2D eigenvalue weighted by molar-refractivity contribution is -0.154. The summed E-state index contributed by atoms with van der Waals surface area (Å²) in [6.07, 6.45) is 0.604. The molecule has 2 rings (SSSR count). The molecule has 6 heteroatoms. The number of nitrogens with one attached hydrogen (secondary N) is 1. The van der Waals surface area contributed by atoms with Gasteiger partial charge in [-0.05, 0) is 36.6 Å². The van der Waals surface area contributed by atoms with Gasteiger partial charge in [0.05, 0.1) is 19.6 Å². The lowest BCUT2D eigenvalue weighted by atomic mass is 10.0. The zero-order valence-corrected chi connectivity index (χ0v) is 16.4. The lowest BCUT2D eigenvalue weighted by Gasteiger charge is -2.21. The Morgan fingerprint density at radius 2 is 1.86 bits per heavy atom. The minimum absolute atomic E-state index is 0.104. The first-order valence-electron chi connectivity index (χ1n) is 9.31. The van der Waals surface area contributed by atoms with E-state index in [1.54, 1.807) is 6.07 Å². The number of ether oxygens (including phenoxy) is 2. The van der Waals surface area contributed by atoms with Gasteiger partial charge in [-0.1, -0.05) is 49.7 Å². The molecule has 0 spiro atoms. The van der Waals surface area contributed by atoms with Crippen molar-refractivity contribution in [3.05, 3.63) is 65.5 Å². The van der Waals surface area contributed by atoms with E-state index >= 15 is 0 Å². The molecule has 0 aromatic heterocycles. The van der Waals surface area contributed by atoms with Crippen molar-refractivity contribution in [3.63, 3.8) is 0 Å². The zero-order valence-electron chi connectivity index (χ0n) is 16.4. The Labute approximate surface area is 164 Å². The highest BCUT2D eigenvalue weighted by molar-refractivity contribution is 5.84. The van der Waals surface area contributed by atoms with Crippen LogP contribution in [-0.4, -0.2) is 25.1 Å². The van der Waals surface area contributed by atoms with Crippen molar-refractivity contribution in [2.24, 2.45) is 0 Å². The number of carbonyl (C=O) groups excluding carboxylic acids is 2. The number of carbonyl (C=O) groups is 2. The molecule has 1 N–H and O–H groups in total. The van der Waals surface area contributed by atoms with E-state index in [1.807, 2.05) is 37.3 Å². The molecule has 0 saturated heterocycles. The summed E-state index contributed by atoms with van der Waals surface area (Å²) < 4.78 is 23.8. The predicted molar refractivity (Wildman–Crippen MR) is 104 cm³/mol. The first-order valence-corrected chi connectivity index (χ1v) is 9.31. The fourth-order valence-electron chi connectivity index (χ4n) is 2.86. The Morgan fingerprint density at radius 3 is 2.46 bits per heavy atom. The number of hydrogen-bond donors (Lipinski definition) is 1. The Morgan fingerprint density at radius 1 is 1.14 bits per heavy atom. The van der Waals surface area contributed by atoms with Gasteiger partial charge >= 0.3 is 5.97 Å². The van der Waals surface area contributed by atoms with E-state index in [2.05, 4.69) is 5.32 Å². The number of methoxy groups -OCH3 is 1. The van der Waals surface area contributed by atoms with Gasteiger partial charge in [-0.2, -0.15) is 0 Å². The van der Waals surface area contributed by atoms with E-state index in [-0.39, 0.29) is 24.1 Å². The molecule has 1 amide bonds. The zero-order chi connectivity index (χ0) is 20.5. The molecule has 0 bridgehead atoms. The lowest BCUT2D eigenvalue weighted by Crippen LogP contribution is -2.38. The van der Waals surface area contributed by atoms with Gasteiger partial charge in [0.25, 0.3) is 5.91 Å². The van der Waals surface area contributed by atoms with Crippen LogP contribution in [0.15, 0.2) is 48.5 Å². The van der Waals surface area contributed by atoms with Crippen molar-refractivity contribution in [1.29, 1.82) is 0 Å². The van der Waals surface area contributed by atoms with Crippen LogP contribution in [0.25, 0.3) is 0 Å². The summed E-state index contributed by atoms with van der Waals surface area (Å²) in [6, 6.07) is 13.8. The highest BCUT2D eigenvalue weighted by Crippen LogP contribution is 2.19. The van der Waals surface area contributed by atoms with E-state index < -0.39 is 17.9 Å². The van der Waals surface area contributed by atoms with Gasteiger partial charge in [-0.25, -0.2) is 4.39 Å². The highest BCUT2D eigenvalue weighted by atomic mass is 19.1. The summed E-state index contributed by atoms with van der Waals surface area (Å²) in [5.41, 5.74) is 1.45. The van der Waals surface area contributed by atoms with Crippen molar-refractivity contribution in [1.82, 2.24) is 5.32 Å². The molecule has 0 unspecified atom stereocenters. The predicted octanol–water partition coefficient (Wildman–Crippen LogP) is 3.97. The van der Waals surface area contributed by atoms with E-state index in [9.17, 15) is 14.0 Å². The second-order valence-electron chi connectivity index (χ2n) is 6.54. The molecule has 150 valence electrons. The Balaban J connectivity index is 1.93. The molecule has 0 heterocycles. The van der Waals surface area contributed by atoms with E-state index in [1.165, 1.54) is 26.2 Å². The molecule has 0 aliphatic heterocycles. The molecule has 0 aliphatic carbocycles. The quantitative estimate of drug-likeness (QED) is 0.662. The van der Waals surface area contributed by atoms with Crippen LogP contribution in [0.1, 0.15) is 43.9 Å². The third kappa shape index (κ3) is 6.08. The van der Waals surface area contributed by atoms with Crippen molar-refractivity contribution < 1.29 is 23.5 Å². The molecule has 28 heavy (non-hydrogen) atoms. The van der Waals surface area contributed by atoms with Gasteiger partial charge in [0.2, 0.25) is 0 Å². The number of rotatable bonds is 9. The normalized spacial score (nSPS) is 12.7. The first kappa shape index (κ1) is 21.4. The highest BCUT2D eigenvalue weighted by Gasteiger charge is 2.22. The number of benzene rings is 2. The van der Waals surface area contributed by atoms with Crippen molar-refractivity contribution in [2.45, 2.75) is 45.3 Å². The van der Waals surface area contributed by atoms with Gasteiger partial charge in [0, 0.05) is 0 Å². The Hall–Kier alpha value is -2.89. The summed E-state index contributed by atoms with van der Waals surface area (Å²) >= 11 is 0. The van der Waals surface area contributed by atoms with Crippen LogP contribution >= 0.6 is 0 Å². The number of esters is 1. The Kier molecular flexibility index (Phi) is 7.99. The fraction of sp³-hybridized carbons (Fsp3) is 0.364. The molecule has 2 aromatic carbocycles. The average Bonchev–Trinajstić information content (AvgIpc) is 2.68. The average molecular weight is 387 g/mol. The molecule has 0 radical (unpaired) electrons. The molecule has 5 nitrogen and oxygen atoms in total. The van der Waals surface area contributed by atoms with Crippen LogP contribution in [0.3, 0.4) is 0 Å². The second-order valence-corrected chi connectivity index (χ2v) is 6.54. The second kappa shape index (κ2) is 10.4. The maximum Gasteiger partial charge on any atom is 0.311 e. The van der Waals surface area contributed by atoms with Gasteiger partial charge in [0.15, 0.2) is 17.7 Å². The van der Waals surface area contributed by atoms with Crippen molar-refractivity contribution in [3.8, 4) is 5.75 Å². The molecular weight excluding hydrogens is 361 g/mol. The third-order valence-electron chi connectivity index (χ3n) is 4.34. The molecule has 2 atom stereocenters. The van der Waals surface area contributed by atoms with Gasteiger partial charge in [0.1, 0.15) is 0 Å². The van der Waals surface area contributed by atoms with Crippen LogP contribution in [0.4, 0.5) is 4.39 Å². The summed E-state index contributed by atoms with van der Waals surface area (Å²) in [7, 11) is 1.37.